The van der Waals surface area contributed by atoms with Crippen LogP contribution in [0.2, 0.25) is 0 Å². The van der Waals surface area contributed by atoms with Crippen LogP contribution in [0, 0.1) is 11.7 Å². The van der Waals surface area contributed by atoms with E-state index in [4.69, 9.17) is 0 Å². The van der Waals surface area contributed by atoms with E-state index in [0.29, 0.717) is 12.5 Å². The average Bonchev–Trinajstić information content (AvgIpc) is 2.38. The van der Waals surface area contributed by atoms with Crippen LogP contribution < -0.4 is 10.6 Å². The van der Waals surface area contributed by atoms with Crippen molar-refractivity contribution in [3.63, 3.8) is 0 Å². The van der Waals surface area contributed by atoms with E-state index in [1.165, 1.54) is 12.1 Å². The molecule has 1 fully saturated rings. The number of carbonyl (C=O) groups excluding carboxylic acids is 1. The van der Waals surface area contributed by atoms with E-state index in [-0.39, 0.29) is 36.1 Å². The van der Waals surface area contributed by atoms with Crippen LogP contribution in [0.15, 0.2) is 24.3 Å². The molecule has 0 aromatic heterocycles. The molecule has 0 saturated carbocycles. The van der Waals surface area contributed by atoms with Gasteiger partial charge in [0.2, 0.25) is 5.91 Å². The smallest absolute Gasteiger partial charge is 0.223 e. The highest BCUT2D eigenvalue weighted by Crippen LogP contribution is 2.13. The molecule has 2 N–H and O–H groups in total. The quantitative estimate of drug-likeness (QED) is 0.897. The fourth-order valence-electron chi connectivity index (χ4n) is 2.72. The van der Waals surface area contributed by atoms with Crippen molar-refractivity contribution in [1.82, 2.24) is 10.6 Å². The SMILES string of the molecule is CC1CC(NC(=O)C(C)Cc2cccc(F)c2)CCN1.Cl. The molecule has 1 aliphatic heterocycles. The van der Waals surface area contributed by atoms with Crippen LogP contribution >= 0.6 is 12.4 Å². The molecule has 0 bridgehead atoms. The first-order valence-electron chi connectivity index (χ1n) is 7.33. The lowest BCUT2D eigenvalue weighted by molar-refractivity contribution is -0.125. The molecular formula is C16H24ClFN2O. The minimum Gasteiger partial charge on any atom is -0.353 e. The highest BCUT2D eigenvalue weighted by Gasteiger charge is 2.22. The van der Waals surface area contributed by atoms with Crippen molar-refractivity contribution in [2.45, 2.75) is 45.2 Å². The van der Waals surface area contributed by atoms with E-state index in [0.717, 1.165) is 24.9 Å². The predicted molar refractivity (Wildman–Crippen MR) is 85.1 cm³/mol. The first-order valence-corrected chi connectivity index (χ1v) is 7.33. The van der Waals surface area contributed by atoms with Gasteiger partial charge in [-0.05, 0) is 50.4 Å². The van der Waals surface area contributed by atoms with Gasteiger partial charge < -0.3 is 10.6 Å². The summed E-state index contributed by atoms with van der Waals surface area (Å²) in [6.07, 6.45) is 2.52. The highest BCUT2D eigenvalue weighted by atomic mass is 35.5. The molecule has 1 heterocycles. The molecule has 118 valence electrons. The van der Waals surface area contributed by atoms with Crippen molar-refractivity contribution < 1.29 is 9.18 Å². The molecule has 1 saturated heterocycles. The van der Waals surface area contributed by atoms with Crippen molar-refractivity contribution in [2.24, 2.45) is 5.92 Å². The van der Waals surface area contributed by atoms with Crippen molar-refractivity contribution in [3.8, 4) is 0 Å². The maximum absolute atomic E-state index is 13.1. The van der Waals surface area contributed by atoms with Crippen LogP contribution in [-0.4, -0.2) is 24.5 Å². The van der Waals surface area contributed by atoms with Crippen LogP contribution in [-0.2, 0) is 11.2 Å². The number of benzene rings is 1. The monoisotopic (exact) mass is 314 g/mol. The third kappa shape index (κ3) is 5.64. The Morgan fingerprint density at radius 1 is 1.52 bits per heavy atom. The first-order chi connectivity index (χ1) is 9.54. The summed E-state index contributed by atoms with van der Waals surface area (Å²) >= 11 is 0. The zero-order valence-electron chi connectivity index (χ0n) is 12.6. The van der Waals surface area contributed by atoms with E-state index in [2.05, 4.69) is 17.6 Å². The summed E-state index contributed by atoms with van der Waals surface area (Å²) in [5.41, 5.74) is 0.867. The fraction of sp³-hybridized carbons (Fsp3) is 0.562. The van der Waals surface area contributed by atoms with Gasteiger partial charge in [0.05, 0.1) is 0 Å². The maximum Gasteiger partial charge on any atom is 0.223 e. The molecule has 1 amide bonds. The van der Waals surface area contributed by atoms with Crippen LogP contribution in [0.4, 0.5) is 4.39 Å². The molecule has 21 heavy (non-hydrogen) atoms. The number of amides is 1. The summed E-state index contributed by atoms with van der Waals surface area (Å²) in [5.74, 6) is -0.322. The Hall–Kier alpha value is -1.13. The third-order valence-corrected chi connectivity index (χ3v) is 3.85. The summed E-state index contributed by atoms with van der Waals surface area (Å²) in [5, 5.41) is 6.48. The van der Waals surface area contributed by atoms with Gasteiger partial charge in [0, 0.05) is 18.0 Å². The zero-order chi connectivity index (χ0) is 14.5. The summed E-state index contributed by atoms with van der Waals surface area (Å²) in [6.45, 7) is 4.98. The van der Waals surface area contributed by atoms with Gasteiger partial charge in [-0.3, -0.25) is 4.79 Å². The van der Waals surface area contributed by atoms with Crippen LogP contribution in [0.5, 0.6) is 0 Å². The number of piperidine rings is 1. The predicted octanol–water partition coefficient (Wildman–Crippen LogP) is 2.68. The molecule has 1 aromatic rings. The van der Waals surface area contributed by atoms with Gasteiger partial charge in [-0.1, -0.05) is 19.1 Å². The molecule has 2 rings (SSSR count). The number of nitrogens with one attached hydrogen (secondary N) is 2. The Morgan fingerprint density at radius 3 is 2.95 bits per heavy atom. The van der Waals surface area contributed by atoms with Crippen molar-refractivity contribution >= 4 is 18.3 Å². The van der Waals surface area contributed by atoms with E-state index in [1.54, 1.807) is 6.07 Å². The van der Waals surface area contributed by atoms with Crippen LogP contribution in [0.25, 0.3) is 0 Å². The van der Waals surface area contributed by atoms with Gasteiger partial charge >= 0.3 is 0 Å². The standard InChI is InChI=1S/C16H23FN2O.ClH/c1-11(8-13-4-3-5-14(17)10-13)16(20)19-15-6-7-18-12(2)9-15;/h3-5,10-12,15,18H,6-9H2,1-2H3,(H,19,20);1H. The van der Waals surface area contributed by atoms with Gasteiger partial charge in [0.15, 0.2) is 0 Å². The van der Waals surface area contributed by atoms with Crippen LogP contribution in [0.1, 0.15) is 32.3 Å². The van der Waals surface area contributed by atoms with E-state index in [1.807, 2.05) is 13.0 Å². The second-order valence-electron chi connectivity index (χ2n) is 5.82. The summed E-state index contributed by atoms with van der Waals surface area (Å²) in [7, 11) is 0. The second kappa shape index (κ2) is 8.35. The minimum atomic E-state index is -0.248. The van der Waals surface area contributed by atoms with Crippen molar-refractivity contribution in [1.29, 1.82) is 0 Å². The molecule has 0 radical (unpaired) electrons. The second-order valence-corrected chi connectivity index (χ2v) is 5.82. The largest absolute Gasteiger partial charge is 0.353 e. The lowest BCUT2D eigenvalue weighted by atomic mass is 9.97. The van der Waals surface area contributed by atoms with Crippen molar-refractivity contribution in [3.05, 3.63) is 35.6 Å². The van der Waals surface area contributed by atoms with E-state index in [9.17, 15) is 9.18 Å². The highest BCUT2D eigenvalue weighted by molar-refractivity contribution is 5.85. The Kier molecular flexibility index (Phi) is 7.12. The number of halogens is 2. The molecule has 0 aliphatic carbocycles. The lowest BCUT2D eigenvalue weighted by Crippen LogP contribution is -2.48. The van der Waals surface area contributed by atoms with Gasteiger partial charge in [0.25, 0.3) is 0 Å². The molecule has 1 aromatic carbocycles. The molecule has 3 atom stereocenters. The Labute approximate surface area is 132 Å². The van der Waals surface area contributed by atoms with Crippen LogP contribution in [0.3, 0.4) is 0 Å². The Balaban J connectivity index is 0.00000220. The van der Waals surface area contributed by atoms with Gasteiger partial charge in [0.1, 0.15) is 5.82 Å². The zero-order valence-corrected chi connectivity index (χ0v) is 13.4. The summed E-state index contributed by atoms with van der Waals surface area (Å²) in [4.78, 5) is 12.2. The molecule has 3 unspecified atom stereocenters. The number of hydrogen-bond donors (Lipinski definition) is 2. The Bertz CT molecular complexity index is 469. The fourth-order valence-corrected chi connectivity index (χ4v) is 2.72. The number of carbonyl (C=O) groups is 1. The van der Waals surface area contributed by atoms with Gasteiger partial charge in [-0.25, -0.2) is 4.39 Å². The van der Waals surface area contributed by atoms with E-state index >= 15 is 0 Å². The topological polar surface area (TPSA) is 41.1 Å². The van der Waals surface area contributed by atoms with E-state index < -0.39 is 0 Å². The summed E-state index contributed by atoms with van der Waals surface area (Å²) in [6, 6.07) is 7.17. The molecule has 1 aliphatic rings. The molecular weight excluding hydrogens is 291 g/mol. The molecule has 5 heteroatoms. The normalized spacial score (nSPS) is 23.0. The van der Waals surface area contributed by atoms with Gasteiger partial charge in [-0.2, -0.15) is 0 Å². The average molecular weight is 315 g/mol. The first kappa shape index (κ1) is 17.9. The molecule has 0 spiro atoms. The minimum absolute atomic E-state index is 0. The lowest BCUT2D eigenvalue weighted by Gasteiger charge is -2.29. The summed E-state index contributed by atoms with van der Waals surface area (Å²) < 4.78 is 13.1. The maximum atomic E-state index is 13.1. The third-order valence-electron chi connectivity index (χ3n) is 3.85. The number of hydrogen-bond acceptors (Lipinski definition) is 2. The Morgan fingerprint density at radius 2 is 2.29 bits per heavy atom. The van der Waals surface area contributed by atoms with Crippen molar-refractivity contribution in [2.75, 3.05) is 6.54 Å². The van der Waals surface area contributed by atoms with Gasteiger partial charge in [-0.15, -0.1) is 12.4 Å². The number of rotatable bonds is 4. The molecule has 3 nitrogen and oxygen atoms in total.